The minimum atomic E-state index is -1.59. The highest BCUT2D eigenvalue weighted by molar-refractivity contribution is 6.41. The molecule has 94 valence electrons. The lowest BCUT2D eigenvalue weighted by Crippen LogP contribution is -2.41. The van der Waals surface area contributed by atoms with Crippen LogP contribution in [0.25, 0.3) is 0 Å². The minimum absolute atomic E-state index is 0.251. The largest absolute Gasteiger partial charge is 0.472 e. The molecule has 1 unspecified atom stereocenters. The molecule has 3 N–H and O–H groups in total. The van der Waals surface area contributed by atoms with E-state index in [0.29, 0.717) is 11.4 Å². The van der Waals surface area contributed by atoms with Gasteiger partial charge in [0.15, 0.2) is 0 Å². The molecule has 0 bridgehead atoms. The SMILES string of the molecule is O=C(NCB(O)O)C1CC(c2cnccn2)=NO1. The maximum Gasteiger partial charge on any atom is 0.472 e. The van der Waals surface area contributed by atoms with Gasteiger partial charge in [-0.15, -0.1) is 0 Å². The summed E-state index contributed by atoms with van der Waals surface area (Å²) in [6.45, 7) is 0. The van der Waals surface area contributed by atoms with Crippen LogP contribution in [0.3, 0.4) is 0 Å². The average molecular weight is 250 g/mol. The topological polar surface area (TPSA) is 117 Å². The molecule has 0 saturated heterocycles. The van der Waals surface area contributed by atoms with Gasteiger partial charge in [-0.05, 0) is 0 Å². The van der Waals surface area contributed by atoms with Crippen molar-refractivity contribution in [2.24, 2.45) is 5.16 Å². The van der Waals surface area contributed by atoms with Gasteiger partial charge < -0.3 is 20.2 Å². The van der Waals surface area contributed by atoms with Crippen LogP contribution in [0.15, 0.2) is 23.7 Å². The molecule has 18 heavy (non-hydrogen) atoms. The highest BCUT2D eigenvalue weighted by Gasteiger charge is 2.29. The van der Waals surface area contributed by atoms with Gasteiger partial charge in [0.05, 0.1) is 12.6 Å². The number of carbonyl (C=O) groups excluding carboxylic acids is 1. The fraction of sp³-hybridized carbons (Fsp3) is 0.333. The van der Waals surface area contributed by atoms with E-state index in [2.05, 4.69) is 20.4 Å². The van der Waals surface area contributed by atoms with E-state index in [4.69, 9.17) is 14.9 Å². The van der Waals surface area contributed by atoms with Crippen LogP contribution >= 0.6 is 0 Å². The lowest BCUT2D eigenvalue weighted by molar-refractivity contribution is -0.130. The third-order valence-electron chi connectivity index (χ3n) is 2.28. The molecule has 1 atom stereocenters. The van der Waals surface area contributed by atoms with Crippen LogP contribution < -0.4 is 5.32 Å². The van der Waals surface area contributed by atoms with E-state index in [1.54, 1.807) is 0 Å². The van der Waals surface area contributed by atoms with Crippen LogP contribution in [-0.2, 0) is 9.63 Å². The zero-order chi connectivity index (χ0) is 13.0. The van der Waals surface area contributed by atoms with Gasteiger partial charge in [-0.3, -0.25) is 14.8 Å². The molecular formula is C9H11BN4O4. The highest BCUT2D eigenvalue weighted by atomic mass is 16.6. The molecule has 8 nitrogen and oxygen atoms in total. The van der Waals surface area contributed by atoms with Gasteiger partial charge in [0.25, 0.3) is 5.91 Å². The molecule has 0 aliphatic carbocycles. The number of aromatic nitrogens is 2. The first-order chi connectivity index (χ1) is 8.66. The quantitative estimate of drug-likeness (QED) is 0.537. The Labute approximate surface area is 103 Å². The normalized spacial score (nSPS) is 17.9. The Morgan fingerprint density at radius 3 is 3.06 bits per heavy atom. The smallest absolute Gasteiger partial charge is 0.426 e. The number of carbonyl (C=O) groups is 1. The van der Waals surface area contributed by atoms with Crippen molar-refractivity contribution < 1.29 is 19.7 Å². The summed E-state index contributed by atoms with van der Waals surface area (Å²) in [4.78, 5) is 24.5. The van der Waals surface area contributed by atoms with E-state index >= 15 is 0 Å². The number of rotatable bonds is 4. The number of hydrogen-bond acceptors (Lipinski definition) is 7. The van der Waals surface area contributed by atoms with Crippen molar-refractivity contribution in [2.45, 2.75) is 12.5 Å². The molecule has 9 heteroatoms. The van der Waals surface area contributed by atoms with Crippen LogP contribution in [0.5, 0.6) is 0 Å². The van der Waals surface area contributed by atoms with Gasteiger partial charge in [0.2, 0.25) is 6.10 Å². The fourth-order valence-corrected chi connectivity index (χ4v) is 1.42. The van der Waals surface area contributed by atoms with Crippen molar-refractivity contribution in [3.8, 4) is 0 Å². The Morgan fingerprint density at radius 1 is 1.56 bits per heavy atom. The summed E-state index contributed by atoms with van der Waals surface area (Å²) in [5.41, 5.74) is 1.09. The van der Waals surface area contributed by atoms with Crippen LogP contribution in [-0.4, -0.2) is 51.3 Å². The van der Waals surface area contributed by atoms with Crippen molar-refractivity contribution in [1.29, 1.82) is 0 Å². The molecular weight excluding hydrogens is 239 g/mol. The van der Waals surface area contributed by atoms with Crippen LogP contribution in [0.4, 0.5) is 0 Å². The van der Waals surface area contributed by atoms with Gasteiger partial charge in [0, 0.05) is 18.8 Å². The molecule has 0 radical (unpaired) electrons. The summed E-state index contributed by atoms with van der Waals surface area (Å²) in [7, 11) is -1.59. The van der Waals surface area contributed by atoms with Crippen LogP contribution in [0.1, 0.15) is 12.1 Å². The molecule has 1 aliphatic heterocycles. The molecule has 1 aromatic heterocycles. The predicted octanol–water partition coefficient (Wildman–Crippen LogP) is -1.90. The summed E-state index contributed by atoms with van der Waals surface area (Å²) in [5, 5.41) is 23.3. The van der Waals surface area contributed by atoms with Gasteiger partial charge >= 0.3 is 7.12 Å². The standard InChI is InChI=1S/C9H11BN4O4/c15-9(13-5-10(16)17)8-3-6(14-18-8)7-4-11-1-2-12-7/h1-2,4,8,16-17H,3,5H2,(H,13,15). The molecule has 0 spiro atoms. The van der Waals surface area contributed by atoms with Gasteiger partial charge in [-0.2, -0.15) is 0 Å². The molecule has 2 heterocycles. The molecule has 0 saturated carbocycles. The van der Waals surface area contributed by atoms with E-state index in [0.717, 1.165) is 0 Å². The van der Waals surface area contributed by atoms with Crippen molar-refractivity contribution in [2.75, 3.05) is 6.44 Å². The van der Waals surface area contributed by atoms with E-state index in [9.17, 15) is 4.79 Å². The third-order valence-corrected chi connectivity index (χ3v) is 2.28. The van der Waals surface area contributed by atoms with Crippen molar-refractivity contribution in [3.05, 3.63) is 24.3 Å². The highest BCUT2D eigenvalue weighted by Crippen LogP contribution is 2.14. The summed E-state index contributed by atoms with van der Waals surface area (Å²) in [5.74, 6) is -0.453. The Kier molecular flexibility index (Phi) is 3.85. The molecule has 1 amide bonds. The fourth-order valence-electron chi connectivity index (χ4n) is 1.42. The van der Waals surface area contributed by atoms with Gasteiger partial charge in [-0.1, -0.05) is 5.16 Å². The Bertz CT molecular complexity index is 453. The number of amides is 1. The first kappa shape index (κ1) is 12.5. The number of nitrogens with one attached hydrogen (secondary N) is 1. The van der Waals surface area contributed by atoms with Crippen molar-refractivity contribution >= 4 is 18.7 Å². The maximum atomic E-state index is 11.6. The second kappa shape index (κ2) is 5.56. The minimum Gasteiger partial charge on any atom is -0.426 e. The summed E-state index contributed by atoms with van der Waals surface area (Å²) < 4.78 is 0. The molecule has 1 aromatic rings. The predicted molar refractivity (Wildman–Crippen MR) is 61.3 cm³/mol. The molecule has 2 rings (SSSR count). The average Bonchev–Trinajstić information content (AvgIpc) is 2.86. The third kappa shape index (κ3) is 3.02. The van der Waals surface area contributed by atoms with E-state index < -0.39 is 19.1 Å². The number of hydrogen-bond donors (Lipinski definition) is 3. The van der Waals surface area contributed by atoms with Crippen molar-refractivity contribution in [3.63, 3.8) is 0 Å². The monoisotopic (exact) mass is 250 g/mol. The Morgan fingerprint density at radius 2 is 2.39 bits per heavy atom. The second-order valence-corrected chi connectivity index (χ2v) is 3.65. The van der Waals surface area contributed by atoms with E-state index in [1.807, 2.05) is 0 Å². The zero-order valence-corrected chi connectivity index (χ0v) is 9.35. The summed E-state index contributed by atoms with van der Waals surface area (Å²) >= 11 is 0. The van der Waals surface area contributed by atoms with Crippen LogP contribution in [0, 0.1) is 0 Å². The summed E-state index contributed by atoms with van der Waals surface area (Å²) in [6.07, 6.45) is 3.83. The van der Waals surface area contributed by atoms with Crippen LogP contribution in [0.2, 0.25) is 0 Å². The van der Waals surface area contributed by atoms with Gasteiger partial charge in [-0.25, -0.2) is 0 Å². The van der Waals surface area contributed by atoms with E-state index in [1.165, 1.54) is 18.6 Å². The Hall–Kier alpha value is -2.00. The lowest BCUT2D eigenvalue weighted by atomic mass is 9.92. The maximum absolute atomic E-state index is 11.6. The first-order valence-corrected chi connectivity index (χ1v) is 5.29. The lowest BCUT2D eigenvalue weighted by Gasteiger charge is -2.08. The van der Waals surface area contributed by atoms with E-state index in [-0.39, 0.29) is 12.9 Å². The Balaban J connectivity index is 1.89. The second-order valence-electron chi connectivity index (χ2n) is 3.65. The molecule has 0 aromatic carbocycles. The van der Waals surface area contributed by atoms with Gasteiger partial charge in [0.1, 0.15) is 11.4 Å². The molecule has 1 aliphatic rings. The number of nitrogens with zero attached hydrogens (tertiary/aromatic N) is 3. The number of oxime groups is 1. The molecule has 0 fully saturated rings. The summed E-state index contributed by atoms with van der Waals surface area (Å²) in [6, 6.07) is 0. The zero-order valence-electron chi connectivity index (χ0n) is 9.35. The van der Waals surface area contributed by atoms with Crippen molar-refractivity contribution in [1.82, 2.24) is 15.3 Å². The first-order valence-electron chi connectivity index (χ1n) is 5.29.